The van der Waals surface area contributed by atoms with Crippen molar-refractivity contribution in [3.05, 3.63) is 12.4 Å². The van der Waals surface area contributed by atoms with Gasteiger partial charge < -0.3 is 9.88 Å². The molecular weight excluding hydrogens is 250 g/mol. The summed E-state index contributed by atoms with van der Waals surface area (Å²) in [5, 5.41) is 3.45. The number of imidazole rings is 1. The van der Waals surface area contributed by atoms with Gasteiger partial charge in [-0.15, -0.1) is 0 Å². The van der Waals surface area contributed by atoms with Gasteiger partial charge in [0.05, 0.1) is 17.5 Å². The van der Waals surface area contributed by atoms with Crippen molar-refractivity contribution in [1.82, 2.24) is 9.55 Å². The molecular formula is C12H19N3O2S. The zero-order valence-corrected chi connectivity index (χ0v) is 11.2. The number of anilines is 1. The molecule has 1 aromatic heterocycles. The van der Waals surface area contributed by atoms with Crippen LogP contribution in [-0.4, -0.2) is 35.5 Å². The quantitative estimate of drug-likeness (QED) is 0.905. The highest BCUT2D eigenvalue weighted by molar-refractivity contribution is 7.91. The molecule has 1 atom stereocenters. The number of rotatable bonds is 3. The Morgan fingerprint density at radius 2 is 2.06 bits per heavy atom. The maximum Gasteiger partial charge on any atom is 0.203 e. The van der Waals surface area contributed by atoms with Gasteiger partial charge in [0.2, 0.25) is 5.95 Å². The van der Waals surface area contributed by atoms with E-state index in [1.807, 2.05) is 10.8 Å². The summed E-state index contributed by atoms with van der Waals surface area (Å²) in [7, 11) is -2.84. The molecule has 1 N–H and O–H groups in total. The van der Waals surface area contributed by atoms with Crippen molar-refractivity contribution in [2.45, 2.75) is 44.2 Å². The average Bonchev–Trinajstić information content (AvgIpc) is 3.00. The summed E-state index contributed by atoms with van der Waals surface area (Å²) in [6, 6.07) is 0.561. The Morgan fingerprint density at radius 3 is 2.72 bits per heavy atom. The van der Waals surface area contributed by atoms with Crippen LogP contribution in [0.15, 0.2) is 12.4 Å². The van der Waals surface area contributed by atoms with Gasteiger partial charge in [-0.05, 0) is 19.3 Å². The fourth-order valence-corrected chi connectivity index (χ4v) is 4.68. The third-order valence-electron chi connectivity index (χ3n) is 3.96. The van der Waals surface area contributed by atoms with Crippen LogP contribution < -0.4 is 5.32 Å². The maximum atomic E-state index is 11.5. The lowest BCUT2D eigenvalue weighted by Crippen LogP contribution is -2.20. The Labute approximate surface area is 108 Å². The summed E-state index contributed by atoms with van der Waals surface area (Å²) in [6.07, 6.45) is 9.28. The molecule has 1 saturated heterocycles. The van der Waals surface area contributed by atoms with Gasteiger partial charge in [0, 0.05) is 18.4 Å². The van der Waals surface area contributed by atoms with Gasteiger partial charge >= 0.3 is 0 Å². The van der Waals surface area contributed by atoms with E-state index < -0.39 is 9.84 Å². The third kappa shape index (κ3) is 2.39. The van der Waals surface area contributed by atoms with Crippen molar-refractivity contribution in [2.24, 2.45) is 0 Å². The molecule has 100 valence electrons. The normalized spacial score (nSPS) is 27.7. The van der Waals surface area contributed by atoms with Gasteiger partial charge in [-0.1, -0.05) is 12.8 Å². The first kappa shape index (κ1) is 12.0. The first-order chi connectivity index (χ1) is 8.64. The first-order valence-electron chi connectivity index (χ1n) is 6.64. The monoisotopic (exact) mass is 269 g/mol. The molecule has 0 bridgehead atoms. The van der Waals surface area contributed by atoms with Gasteiger partial charge in [-0.3, -0.25) is 0 Å². The number of hydrogen-bond donors (Lipinski definition) is 1. The molecule has 2 heterocycles. The van der Waals surface area contributed by atoms with E-state index in [9.17, 15) is 8.42 Å². The van der Waals surface area contributed by atoms with E-state index in [0.29, 0.717) is 18.2 Å². The molecule has 6 heteroatoms. The van der Waals surface area contributed by atoms with Crippen LogP contribution in [0, 0.1) is 0 Å². The highest BCUT2D eigenvalue weighted by atomic mass is 32.2. The zero-order chi connectivity index (χ0) is 12.6. The van der Waals surface area contributed by atoms with E-state index in [0.717, 1.165) is 5.95 Å². The second-order valence-corrected chi connectivity index (χ2v) is 7.57. The molecule has 0 radical (unpaired) electrons. The van der Waals surface area contributed by atoms with E-state index in [1.165, 1.54) is 25.7 Å². The lowest BCUT2D eigenvalue weighted by molar-refractivity contribution is 0.555. The molecule has 1 unspecified atom stereocenters. The van der Waals surface area contributed by atoms with Crippen molar-refractivity contribution in [3.8, 4) is 0 Å². The van der Waals surface area contributed by atoms with Crippen LogP contribution in [0.3, 0.4) is 0 Å². The van der Waals surface area contributed by atoms with Crippen LogP contribution >= 0.6 is 0 Å². The molecule has 3 rings (SSSR count). The largest absolute Gasteiger partial charge is 0.353 e. The van der Waals surface area contributed by atoms with Gasteiger partial charge in [-0.2, -0.15) is 0 Å². The highest BCUT2D eigenvalue weighted by Crippen LogP contribution is 2.28. The average molecular weight is 269 g/mol. The fourth-order valence-electron chi connectivity index (χ4n) is 2.97. The minimum absolute atomic E-state index is 0.0569. The molecule has 1 saturated carbocycles. The van der Waals surface area contributed by atoms with E-state index in [2.05, 4.69) is 10.3 Å². The smallest absolute Gasteiger partial charge is 0.203 e. The van der Waals surface area contributed by atoms with Gasteiger partial charge in [0.25, 0.3) is 0 Å². The molecule has 0 spiro atoms. The second kappa shape index (κ2) is 4.57. The first-order valence-corrected chi connectivity index (χ1v) is 8.46. The molecule has 18 heavy (non-hydrogen) atoms. The number of nitrogens with one attached hydrogen (secondary N) is 1. The van der Waals surface area contributed by atoms with Gasteiger partial charge in [0.15, 0.2) is 9.84 Å². The summed E-state index contributed by atoms with van der Waals surface area (Å²) in [5.41, 5.74) is 0. The van der Waals surface area contributed by atoms with Gasteiger partial charge in [0.1, 0.15) is 0 Å². The number of aromatic nitrogens is 2. The highest BCUT2D eigenvalue weighted by Gasteiger charge is 2.30. The Balaban J connectivity index is 1.75. The minimum atomic E-state index is -2.84. The zero-order valence-electron chi connectivity index (χ0n) is 10.4. The van der Waals surface area contributed by atoms with Crippen molar-refractivity contribution in [2.75, 3.05) is 16.8 Å². The molecule has 1 aromatic rings. The lowest BCUT2D eigenvalue weighted by Gasteiger charge is -2.18. The molecule has 2 aliphatic rings. The Morgan fingerprint density at radius 1 is 1.28 bits per heavy atom. The van der Waals surface area contributed by atoms with Crippen molar-refractivity contribution in [1.29, 1.82) is 0 Å². The van der Waals surface area contributed by atoms with Crippen molar-refractivity contribution >= 4 is 15.8 Å². The van der Waals surface area contributed by atoms with E-state index in [-0.39, 0.29) is 11.8 Å². The van der Waals surface area contributed by atoms with Crippen molar-refractivity contribution < 1.29 is 8.42 Å². The standard InChI is InChI=1S/C12H19N3O2S/c16-18(17)8-5-11(9-18)15-7-6-13-12(15)14-10-3-1-2-4-10/h6-7,10-11H,1-5,8-9H2,(H,13,14). The summed E-state index contributed by atoms with van der Waals surface area (Å²) in [6.45, 7) is 0. The number of hydrogen-bond acceptors (Lipinski definition) is 4. The van der Waals surface area contributed by atoms with Crippen LogP contribution in [0.4, 0.5) is 5.95 Å². The predicted molar refractivity (Wildman–Crippen MR) is 70.4 cm³/mol. The fraction of sp³-hybridized carbons (Fsp3) is 0.750. The summed E-state index contributed by atoms with van der Waals surface area (Å²) in [5.74, 6) is 1.39. The molecule has 0 aromatic carbocycles. The Bertz CT molecular complexity index is 517. The van der Waals surface area contributed by atoms with Crippen LogP contribution in [0.25, 0.3) is 0 Å². The molecule has 5 nitrogen and oxygen atoms in total. The lowest BCUT2D eigenvalue weighted by atomic mass is 10.2. The van der Waals surface area contributed by atoms with Crippen molar-refractivity contribution in [3.63, 3.8) is 0 Å². The maximum absolute atomic E-state index is 11.5. The number of sulfone groups is 1. The van der Waals surface area contributed by atoms with E-state index in [4.69, 9.17) is 0 Å². The topological polar surface area (TPSA) is 64.0 Å². The Hall–Kier alpha value is -1.04. The van der Waals surface area contributed by atoms with E-state index >= 15 is 0 Å². The number of nitrogens with zero attached hydrogens (tertiary/aromatic N) is 2. The van der Waals surface area contributed by atoms with Crippen LogP contribution in [0.5, 0.6) is 0 Å². The minimum Gasteiger partial charge on any atom is -0.353 e. The Kier molecular flexibility index (Phi) is 3.05. The summed E-state index contributed by atoms with van der Waals surface area (Å²) >= 11 is 0. The van der Waals surface area contributed by atoms with E-state index in [1.54, 1.807) is 6.20 Å². The third-order valence-corrected chi connectivity index (χ3v) is 5.71. The molecule has 1 aliphatic carbocycles. The van der Waals surface area contributed by atoms with Crippen LogP contribution in [0.1, 0.15) is 38.1 Å². The molecule has 1 aliphatic heterocycles. The summed E-state index contributed by atoms with van der Waals surface area (Å²) < 4.78 is 25.1. The SMILES string of the molecule is O=S1(=O)CCC(n2ccnc2NC2CCCC2)C1. The summed E-state index contributed by atoms with van der Waals surface area (Å²) in [4.78, 5) is 4.33. The second-order valence-electron chi connectivity index (χ2n) is 5.34. The molecule has 0 amide bonds. The van der Waals surface area contributed by atoms with Crippen LogP contribution in [0.2, 0.25) is 0 Å². The van der Waals surface area contributed by atoms with Gasteiger partial charge in [-0.25, -0.2) is 13.4 Å². The van der Waals surface area contributed by atoms with Crippen LogP contribution in [-0.2, 0) is 9.84 Å². The molecule has 2 fully saturated rings. The predicted octanol–water partition coefficient (Wildman–Crippen LogP) is 1.60.